The first-order chi connectivity index (χ1) is 15.9. The van der Waals surface area contributed by atoms with Gasteiger partial charge < -0.3 is 15.2 Å². The Bertz CT molecular complexity index is 1050. The molecular formula is C27H36N4OS. The van der Waals surface area contributed by atoms with Crippen LogP contribution >= 0.6 is 11.3 Å². The van der Waals surface area contributed by atoms with Gasteiger partial charge in [-0.25, -0.2) is 4.79 Å². The fourth-order valence-electron chi connectivity index (χ4n) is 4.51. The van der Waals surface area contributed by atoms with Crippen LogP contribution in [-0.4, -0.2) is 28.6 Å². The highest BCUT2D eigenvalue weighted by molar-refractivity contribution is 7.15. The average molecular weight is 465 g/mol. The number of nitrogens with zero attached hydrogens (tertiary/aromatic N) is 2. The van der Waals surface area contributed by atoms with E-state index in [9.17, 15) is 4.79 Å². The zero-order valence-electron chi connectivity index (χ0n) is 20.2. The third-order valence-corrected chi connectivity index (χ3v) is 7.69. The molecule has 3 aromatic rings. The maximum Gasteiger partial charge on any atom is 0.319 e. The normalized spacial score (nSPS) is 14.8. The summed E-state index contributed by atoms with van der Waals surface area (Å²) in [7, 11) is 0. The van der Waals surface area contributed by atoms with Crippen molar-refractivity contribution in [2.75, 3.05) is 18.4 Å². The number of carbonyl (C=O) groups is 1. The molecule has 6 heteroatoms. The SMILES string of the molecule is CCN1CCc2c(sc(-n3cccc3)c2[C@@H](CCC(C)C)NC(=O)Nc2ccc(C)cc2)C1. The number of aromatic nitrogens is 1. The highest BCUT2D eigenvalue weighted by Crippen LogP contribution is 2.41. The van der Waals surface area contributed by atoms with Crippen molar-refractivity contribution in [1.82, 2.24) is 14.8 Å². The summed E-state index contributed by atoms with van der Waals surface area (Å²) < 4.78 is 2.22. The predicted molar refractivity (Wildman–Crippen MR) is 138 cm³/mol. The van der Waals surface area contributed by atoms with E-state index in [1.54, 1.807) is 0 Å². The summed E-state index contributed by atoms with van der Waals surface area (Å²) in [6.45, 7) is 11.9. The first-order valence-corrected chi connectivity index (χ1v) is 12.9. The third kappa shape index (κ3) is 5.68. The van der Waals surface area contributed by atoms with Gasteiger partial charge in [0.05, 0.1) is 6.04 Å². The van der Waals surface area contributed by atoms with Crippen LogP contribution in [0.25, 0.3) is 5.00 Å². The van der Waals surface area contributed by atoms with E-state index in [-0.39, 0.29) is 12.1 Å². The Morgan fingerprint density at radius 3 is 2.52 bits per heavy atom. The van der Waals surface area contributed by atoms with E-state index >= 15 is 0 Å². The zero-order chi connectivity index (χ0) is 23.4. The second-order valence-corrected chi connectivity index (χ2v) is 10.5. The molecule has 0 saturated heterocycles. The molecule has 2 N–H and O–H groups in total. The van der Waals surface area contributed by atoms with Crippen molar-refractivity contribution in [3.63, 3.8) is 0 Å². The first-order valence-electron chi connectivity index (χ1n) is 12.1. The van der Waals surface area contributed by atoms with Crippen LogP contribution in [0.4, 0.5) is 10.5 Å². The minimum absolute atomic E-state index is 0.0246. The van der Waals surface area contributed by atoms with Gasteiger partial charge in [-0.3, -0.25) is 4.90 Å². The van der Waals surface area contributed by atoms with Gasteiger partial charge in [0.2, 0.25) is 0 Å². The summed E-state index contributed by atoms with van der Waals surface area (Å²) in [6, 6.07) is 11.9. The average Bonchev–Trinajstić information content (AvgIpc) is 3.45. The van der Waals surface area contributed by atoms with Crippen LogP contribution in [0.1, 0.15) is 61.2 Å². The Hall–Kier alpha value is -2.57. The molecule has 5 nitrogen and oxygen atoms in total. The standard InChI is InChI=1S/C27H36N4OS/c1-5-30-17-14-22-24(18-30)33-26(31-15-6-7-16-31)25(22)23(13-8-19(2)3)29-27(32)28-21-11-9-20(4)10-12-21/h6-7,9-12,15-16,19,23H,5,8,13-14,17-18H2,1-4H3,(H2,28,29,32)/t23-/m1/s1. The van der Waals surface area contributed by atoms with E-state index in [1.807, 2.05) is 42.5 Å². The summed E-state index contributed by atoms with van der Waals surface area (Å²) in [5, 5.41) is 7.63. The number of amides is 2. The lowest BCUT2D eigenvalue weighted by atomic mass is 9.92. The van der Waals surface area contributed by atoms with Crippen molar-refractivity contribution in [3.8, 4) is 5.00 Å². The van der Waals surface area contributed by atoms with Crippen molar-refractivity contribution in [3.05, 3.63) is 70.4 Å². The number of nitrogens with one attached hydrogen (secondary N) is 2. The Balaban J connectivity index is 1.66. The fraction of sp³-hybridized carbons (Fsp3) is 0.444. The molecule has 3 heterocycles. The predicted octanol–water partition coefficient (Wildman–Crippen LogP) is 6.52. The molecule has 0 radical (unpaired) electrons. The largest absolute Gasteiger partial charge is 0.331 e. The number of anilines is 1. The Kier molecular flexibility index (Phi) is 7.56. The van der Waals surface area contributed by atoms with Crippen LogP contribution in [0.5, 0.6) is 0 Å². The molecule has 0 spiro atoms. The fourth-order valence-corrected chi connectivity index (χ4v) is 5.93. The van der Waals surface area contributed by atoms with Crippen molar-refractivity contribution in [2.45, 2.75) is 59.5 Å². The van der Waals surface area contributed by atoms with Crippen LogP contribution in [0.15, 0.2) is 48.8 Å². The zero-order valence-corrected chi connectivity index (χ0v) is 21.0. The number of thiophene rings is 1. The number of fused-ring (bicyclic) bond motifs is 1. The van der Waals surface area contributed by atoms with E-state index in [4.69, 9.17) is 0 Å². The summed E-state index contributed by atoms with van der Waals surface area (Å²) in [5.74, 6) is 0.578. The smallest absolute Gasteiger partial charge is 0.319 e. The number of hydrogen-bond acceptors (Lipinski definition) is 3. The van der Waals surface area contributed by atoms with E-state index in [0.717, 1.165) is 44.6 Å². The minimum atomic E-state index is -0.142. The molecule has 2 aromatic heterocycles. The van der Waals surface area contributed by atoms with Crippen molar-refractivity contribution in [1.29, 1.82) is 0 Å². The highest BCUT2D eigenvalue weighted by Gasteiger charge is 2.30. The van der Waals surface area contributed by atoms with Crippen LogP contribution in [-0.2, 0) is 13.0 Å². The second-order valence-electron chi connectivity index (χ2n) is 9.42. The van der Waals surface area contributed by atoms with Gasteiger partial charge >= 0.3 is 6.03 Å². The molecule has 0 unspecified atom stereocenters. The van der Waals surface area contributed by atoms with E-state index in [1.165, 1.54) is 26.6 Å². The molecule has 4 rings (SSSR count). The number of carbonyl (C=O) groups excluding carboxylic acids is 1. The molecule has 1 aliphatic heterocycles. The molecule has 1 atom stereocenters. The van der Waals surface area contributed by atoms with Gasteiger partial charge in [0.15, 0.2) is 0 Å². The number of aryl methyl sites for hydroxylation is 1. The monoisotopic (exact) mass is 464 g/mol. The summed E-state index contributed by atoms with van der Waals surface area (Å²) >= 11 is 1.88. The van der Waals surface area contributed by atoms with Gasteiger partial charge in [0.1, 0.15) is 5.00 Å². The number of hydrogen-bond donors (Lipinski definition) is 2. The van der Waals surface area contributed by atoms with Crippen LogP contribution in [0.2, 0.25) is 0 Å². The van der Waals surface area contributed by atoms with Gasteiger partial charge in [-0.15, -0.1) is 11.3 Å². The Morgan fingerprint density at radius 1 is 1.12 bits per heavy atom. The van der Waals surface area contributed by atoms with Gasteiger partial charge in [-0.2, -0.15) is 0 Å². The number of rotatable bonds is 8. The van der Waals surface area contributed by atoms with Crippen molar-refractivity contribution >= 4 is 23.1 Å². The number of benzene rings is 1. The van der Waals surface area contributed by atoms with Gasteiger partial charge in [0.25, 0.3) is 0 Å². The lowest BCUT2D eigenvalue weighted by Gasteiger charge is -2.28. The Morgan fingerprint density at radius 2 is 1.85 bits per heavy atom. The highest BCUT2D eigenvalue weighted by atomic mass is 32.1. The van der Waals surface area contributed by atoms with Crippen LogP contribution in [0.3, 0.4) is 0 Å². The molecule has 1 aromatic carbocycles. The molecule has 2 amide bonds. The van der Waals surface area contributed by atoms with E-state index in [0.29, 0.717) is 5.92 Å². The molecule has 0 fully saturated rings. The molecule has 33 heavy (non-hydrogen) atoms. The molecular weight excluding hydrogens is 428 g/mol. The van der Waals surface area contributed by atoms with Crippen LogP contribution < -0.4 is 10.6 Å². The minimum Gasteiger partial charge on any atom is -0.331 e. The summed E-state index contributed by atoms with van der Waals surface area (Å²) in [4.78, 5) is 17.0. The summed E-state index contributed by atoms with van der Waals surface area (Å²) in [6.07, 6.45) is 7.25. The van der Waals surface area contributed by atoms with Gasteiger partial charge in [-0.05, 0) is 68.5 Å². The molecule has 0 bridgehead atoms. The molecule has 0 aliphatic carbocycles. The van der Waals surface area contributed by atoms with Gasteiger partial charge in [-0.1, -0.05) is 38.5 Å². The van der Waals surface area contributed by atoms with E-state index in [2.05, 4.69) is 65.4 Å². The number of urea groups is 1. The van der Waals surface area contributed by atoms with E-state index < -0.39 is 0 Å². The molecule has 0 saturated carbocycles. The number of likely N-dealkylation sites (N-methyl/N-ethyl adjacent to an activating group) is 1. The maximum atomic E-state index is 13.1. The first kappa shape index (κ1) is 23.6. The van der Waals surface area contributed by atoms with Crippen molar-refractivity contribution < 1.29 is 4.79 Å². The lowest BCUT2D eigenvalue weighted by Crippen LogP contribution is -2.35. The van der Waals surface area contributed by atoms with Crippen molar-refractivity contribution in [2.24, 2.45) is 5.92 Å². The summed E-state index contributed by atoms with van der Waals surface area (Å²) in [5.41, 5.74) is 4.75. The third-order valence-electron chi connectivity index (χ3n) is 6.44. The second kappa shape index (κ2) is 10.6. The molecule has 1 aliphatic rings. The lowest BCUT2D eigenvalue weighted by molar-refractivity contribution is 0.246. The Labute approximate surface area is 201 Å². The maximum absolute atomic E-state index is 13.1. The van der Waals surface area contributed by atoms with Gasteiger partial charge in [0, 0.05) is 41.6 Å². The van der Waals surface area contributed by atoms with Crippen LogP contribution in [0, 0.1) is 12.8 Å². The topological polar surface area (TPSA) is 49.3 Å². The molecule has 176 valence electrons. The quantitative estimate of drug-likeness (QED) is 0.398.